The van der Waals surface area contributed by atoms with Gasteiger partial charge in [-0.2, -0.15) is 0 Å². The van der Waals surface area contributed by atoms with Crippen LogP contribution in [0.2, 0.25) is 0 Å². The Morgan fingerprint density at radius 1 is 0.909 bits per heavy atom. The van der Waals surface area contributed by atoms with Crippen molar-refractivity contribution in [2.45, 2.75) is 13.0 Å². The third-order valence-corrected chi connectivity index (χ3v) is 3.93. The minimum Gasteiger partial charge on any atom is -0.285 e. The molecule has 0 spiro atoms. The molecular formula is C16H12N4O2. The lowest BCUT2D eigenvalue weighted by Crippen LogP contribution is -2.33. The fourth-order valence-electron chi connectivity index (χ4n) is 2.82. The number of benzene rings is 1. The third-order valence-electron chi connectivity index (χ3n) is 3.93. The Labute approximate surface area is 126 Å². The molecule has 0 N–H and O–H groups in total. The fraction of sp³-hybridized carbons (Fsp3) is 0.125. The highest BCUT2D eigenvalue weighted by atomic mass is 16.2. The van der Waals surface area contributed by atoms with Crippen molar-refractivity contribution >= 4 is 17.5 Å². The first-order valence-electron chi connectivity index (χ1n) is 6.95. The van der Waals surface area contributed by atoms with Crippen molar-refractivity contribution in [3.05, 3.63) is 65.6 Å². The second kappa shape index (κ2) is 4.49. The summed E-state index contributed by atoms with van der Waals surface area (Å²) in [6.07, 6.45) is 1.82. The predicted octanol–water partition coefficient (Wildman–Crippen LogP) is 2.09. The zero-order valence-corrected chi connectivity index (χ0v) is 11.8. The van der Waals surface area contributed by atoms with E-state index < -0.39 is 6.04 Å². The zero-order valence-electron chi connectivity index (χ0n) is 11.8. The highest BCUT2D eigenvalue weighted by Gasteiger charge is 2.40. The number of amides is 2. The summed E-state index contributed by atoms with van der Waals surface area (Å²) in [5, 5.41) is 8.21. The predicted molar refractivity (Wildman–Crippen MR) is 78.3 cm³/mol. The molecule has 1 aromatic carbocycles. The molecule has 4 rings (SSSR count). The maximum atomic E-state index is 12.5. The number of pyridine rings is 1. The van der Waals surface area contributed by atoms with Crippen LogP contribution in [0.3, 0.4) is 0 Å². The van der Waals surface area contributed by atoms with Crippen LogP contribution in [0.4, 0.5) is 0 Å². The van der Waals surface area contributed by atoms with Gasteiger partial charge in [0.05, 0.1) is 17.2 Å². The quantitative estimate of drug-likeness (QED) is 0.678. The van der Waals surface area contributed by atoms with Crippen LogP contribution in [0.25, 0.3) is 5.65 Å². The summed E-state index contributed by atoms with van der Waals surface area (Å²) >= 11 is 0. The first kappa shape index (κ1) is 12.7. The van der Waals surface area contributed by atoms with Crippen molar-refractivity contribution in [1.82, 2.24) is 19.5 Å². The van der Waals surface area contributed by atoms with Gasteiger partial charge in [-0.1, -0.05) is 18.2 Å². The molecule has 1 atom stereocenters. The highest BCUT2D eigenvalue weighted by molar-refractivity contribution is 6.21. The summed E-state index contributed by atoms with van der Waals surface area (Å²) in [7, 11) is 0. The molecule has 0 bridgehead atoms. The Morgan fingerprint density at radius 2 is 1.55 bits per heavy atom. The van der Waals surface area contributed by atoms with Gasteiger partial charge in [-0.05, 0) is 31.2 Å². The molecule has 0 aliphatic carbocycles. The van der Waals surface area contributed by atoms with Crippen molar-refractivity contribution in [2.24, 2.45) is 0 Å². The van der Waals surface area contributed by atoms with E-state index in [2.05, 4.69) is 10.2 Å². The highest BCUT2D eigenvalue weighted by Crippen LogP contribution is 2.30. The topological polar surface area (TPSA) is 67.6 Å². The fourth-order valence-corrected chi connectivity index (χ4v) is 2.82. The average Bonchev–Trinajstić information content (AvgIpc) is 3.08. The maximum absolute atomic E-state index is 12.5. The molecule has 1 aliphatic heterocycles. The molecule has 0 fully saturated rings. The molecule has 6 nitrogen and oxygen atoms in total. The van der Waals surface area contributed by atoms with E-state index >= 15 is 0 Å². The van der Waals surface area contributed by atoms with Crippen LogP contribution < -0.4 is 0 Å². The Morgan fingerprint density at radius 3 is 2.23 bits per heavy atom. The van der Waals surface area contributed by atoms with Crippen LogP contribution in [0.15, 0.2) is 48.7 Å². The number of nitrogens with zero attached hydrogens (tertiary/aromatic N) is 4. The second-order valence-corrected chi connectivity index (χ2v) is 5.19. The molecule has 22 heavy (non-hydrogen) atoms. The number of fused-ring (bicyclic) bond motifs is 2. The Hall–Kier alpha value is -3.02. The molecular weight excluding hydrogens is 280 g/mol. The minimum absolute atomic E-state index is 0.291. The van der Waals surface area contributed by atoms with E-state index in [4.69, 9.17) is 0 Å². The number of rotatable bonds is 2. The molecule has 0 radical (unpaired) electrons. The van der Waals surface area contributed by atoms with Gasteiger partial charge in [-0.3, -0.25) is 18.9 Å². The van der Waals surface area contributed by atoms with Gasteiger partial charge in [0.15, 0.2) is 11.5 Å². The summed E-state index contributed by atoms with van der Waals surface area (Å²) in [5.74, 6) is -0.0216. The van der Waals surface area contributed by atoms with E-state index in [0.717, 1.165) is 0 Å². The largest absolute Gasteiger partial charge is 0.285 e. The number of hydrogen-bond acceptors (Lipinski definition) is 4. The lowest BCUT2D eigenvalue weighted by molar-refractivity contribution is 0.0588. The molecule has 0 saturated heterocycles. The van der Waals surface area contributed by atoms with Crippen LogP contribution in [0, 0.1) is 0 Å². The Kier molecular flexibility index (Phi) is 2.59. The van der Waals surface area contributed by atoms with E-state index in [1.165, 1.54) is 4.90 Å². The number of carbonyl (C=O) groups is 2. The maximum Gasteiger partial charge on any atom is 0.262 e. The van der Waals surface area contributed by atoms with Crippen molar-refractivity contribution in [2.75, 3.05) is 0 Å². The van der Waals surface area contributed by atoms with Crippen LogP contribution in [0.1, 0.15) is 39.5 Å². The summed E-state index contributed by atoms with van der Waals surface area (Å²) in [6, 6.07) is 11.9. The Bertz CT molecular complexity index is 880. The van der Waals surface area contributed by atoms with E-state index in [-0.39, 0.29) is 11.8 Å². The van der Waals surface area contributed by atoms with Gasteiger partial charge in [0.25, 0.3) is 11.8 Å². The molecule has 1 unspecified atom stereocenters. The van der Waals surface area contributed by atoms with E-state index in [9.17, 15) is 9.59 Å². The monoisotopic (exact) mass is 292 g/mol. The molecule has 2 aromatic heterocycles. The summed E-state index contributed by atoms with van der Waals surface area (Å²) in [5.41, 5.74) is 1.56. The smallest absolute Gasteiger partial charge is 0.262 e. The standard InChI is InChI=1S/C16H12N4O2/c1-10(14-18-17-13-8-4-5-9-19(13)14)20-15(21)11-6-2-3-7-12(11)16(20)22/h2-10H,1H3. The van der Waals surface area contributed by atoms with Crippen molar-refractivity contribution in [1.29, 1.82) is 0 Å². The van der Waals surface area contributed by atoms with Gasteiger partial charge in [-0.15, -0.1) is 10.2 Å². The SMILES string of the molecule is CC(c1nnc2ccccn12)N1C(=O)c2ccccc2C1=O. The van der Waals surface area contributed by atoms with Crippen LogP contribution in [-0.4, -0.2) is 31.3 Å². The van der Waals surface area contributed by atoms with Crippen molar-refractivity contribution < 1.29 is 9.59 Å². The van der Waals surface area contributed by atoms with Gasteiger partial charge >= 0.3 is 0 Å². The first-order chi connectivity index (χ1) is 10.7. The van der Waals surface area contributed by atoms with Crippen LogP contribution in [-0.2, 0) is 0 Å². The van der Waals surface area contributed by atoms with Gasteiger partial charge < -0.3 is 0 Å². The second-order valence-electron chi connectivity index (χ2n) is 5.19. The first-order valence-corrected chi connectivity index (χ1v) is 6.95. The number of carbonyl (C=O) groups excluding carboxylic acids is 2. The third kappa shape index (κ3) is 1.60. The lowest BCUT2D eigenvalue weighted by atomic mass is 10.1. The van der Waals surface area contributed by atoms with Gasteiger partial charge in [0, 0.05) is 6.20 Å². The van der Waals surface area contributed by atoms with Crippen LogP contribution >= 0.6 is 0 Å². The molecule has 6 heteroatoms. The summed E-state index contributed by atoms with van der Waals surface area (Å²) < 4.78 is 1.79. The number of aromatic nitrogens is 3. The molecule has 3 heterocycles. The molecule has 1 aliphatic rings. The van der Waals surface area contributed by atoms with E-state index in [0.29, 0.717) is 22.6 Å². The van der Waals surface area contributed by atoms with Gasteiger partial charge in [-0.25, -0.2) is 0 Å². The lowest BCUT2D eigenvalue weighted by Gasteiger charge is -2.20. The summed E-state index contributed by atoms with van der Waals surface area (Å²) in [4.78, 5) is 26.3. The van der Waals surface area contributed by atoms with E-state index in [1.807, 2.05) is 24.4 Å². The molecule has 2 amide bonds. The van der Waals surface area contributed by atoms with E-state index in [1.54, 1.807) is 35.6 Å². The van der Waals surface area contributed by atoms with Crippen LogP contribution in [0.5, 0.6) is 0 Å². The van der Waals surface area contributed by atoms with Gasteiger partial charge in [0.2, 0.25) is 0 Å². The van der Waals surface area contributed by atoms with Crippen molar-refractivity contribution in [3.63, 3.8) is 0 Å². The molecule has 108 valence electrons. The number of imide groups is 1. The average molecular weight is 292 g/mol. The zero-order chi connectivity index (χ0) is 15.3. The molecule has 3 aromatic rings. The van der Waals surface area contributed by atoms with Crippen molar-refractivity contribution in [3.8, 4) is 0 Å². The minimum atomic E-state index is -0.496. The number of hydrogen-bond donors (Lipinski definition) is 0. The van der Waals surface area contributed by atoms with Gasteiger partial charge in [0.1, 0.15) is 0 Å². The molecule has 0 saturated carbocycles. The normalized spacial score (nSPS) is 15.4. The summed E-state index contributed by atoms with van der Waals surface area (Å²) in [6.45, 7) is 1.78. The Balaban J connectivity index is 1.80.